The lowest BCUT2D eigenvalue weighted by Gasteiger charge is -2.28. The largest absolute Gasteiger partial charge is 0.380 e. The number of thiophene rings is 1. The Balaban J connectivity index is 1.24. The Hall–Kier alpha value is -5.38. The third-order valence-electron chi connectivity index (χ3n) is 8.93. The van der Waals surface area contributed by atoms with Crippen molar-refractivity contribution in [2.45, 2.75) is 6.04 Å². The van der Waals surface area contributed by atoms with Crippen LogP contribution in [0.3, 0.4) is 0 Å². The highest BCUT2D eigenvalue weighted by atomic mass is 32.1. The first kappa shape index (κ1) is 25.1. The molecule has 9 rings (SSSR count). The average molecular weight is 581 g/mol. The number of benzene rings is 7. The van der Waals surface area contributed by atoms with Crippen LogP contribution in [-0.2, 0) is 0 Å². The summed E-state index contributed by atoms with van der Waals surface area (Å²) in [6.07, 6.45) is 4.30. The van der Waals surface area contributed by atoms with Crippen molar-refractivity contribution in [2.24, 2.45) is 0 Å². The predicted octanol–water partition coefficient (Wildman–Crippen LogP) is 11.5. The van der Waals surface area contributed by atoms with Crippen molar-refractivity contribution in [3.63, 3.8) is 0 Å². The second-order valence-corrected chi connectivity index (χ2v) is 12.5. The van der Waals surface area contributed by atoms with Gasteiger partial charge in [-0.1, -0.05) is 109 Å². The van der Waals surface area contributed by atoms with Gasteiger partial charge in [0.05, 0.1) is 11.7 Å². The van der Waals surface area contributed by atoms with Gasteiger partial charge in [0, 0.05) is 31.9 Å². The van der Waals surface area contributed by atoms with Crippen molar-refractivity contribution in [1.82, 2.24) is 5.32 Å². The van der Waals surface area contributed by atoms with Gasteiger partial charge in [0.1, 0.15) is 0 Å². The summed E-state index contributed by atoms with van der Waals surface area (Å²) in [5.74, 6) is 0. The molecule has 0 bridgehead atoms. The monoisotopic (exact) mass is 580 g/mol. The molecule has 1 N–H and O–H groups in total. The van der Waals surface area contributed by atoms with Crippen molar-refractivity contribution in [3.05, 3.63) is 168 Å². The highest BCUT2D eigenvalue weighted by molar-refractivity contribution is 7.20. The zero-order valence-electron chi connectivity index (χ0n) is 23.9. The second-order valence-electron chi connectivity index (χ2n) is 11.4. The van der Waals surface area contributed by atoms with E-state index in [4.69, 9.17) is 0 Å². The van der Waals surface area contributed by atoms with Crippen molar-refractivity contribution in [3.8, 4) is 0 Å². The number of fused-ring (bicyclic) bond motifs is 8. The Morgan fingerprint density at radius 2 is 1.18 bits per heavy atom. The van der Waals surface area contributed by atoms with Crippen molar-refractivity contribution < 1.29 is 0 Å². The highest BCUT2D eigenvalue weighted by Crippen LogP contribution is 2.45. The third-order valence-corrected chi connectivity index (χ3v) is 10.1. The lowest BCUT2D eigenvalue weighted by molar-refractivity contribution is 0.730. The minimum absolute atomic E-state index is 0.109. The first-order chi connectivity index (χ1) is 21.8. The van der Waals surface area contributed by atoms with Crippen LogP contribution in [0.5, 0.6) is 0 Å². The van der Waals surface area contributed by atoms with Gasteiger partial charge in [0.25, 0.3) is 0 Å². The van der Waals surface area contributed by atoms with Gasteiger partial charge in [0.15, 0.2) is 0 Å². The fourth-order valence-electron chi connectivity index (χ4n) is 6.92. The molecule has 8 aromatic rings. The molecule has 1 atom stereocenters. The van der Waals surface area contributed by atoms with E-state index in [9.17, 15) is 0 Å². The fraction of sp³-hybridized carbons (Fsp3) is 0.0244. The van der Waals surface area contributed by atoms with Gasteiger partial charge in [-0.25, -0.2) is 0 Å². The standard InChI is InChI=1S/C41H28N2S/c1-2-11-29(12-3-1)43(37-26-36-31-13-5-4-10-27(31)20-23-33(36)32-14-6-7-15-34(32)37)30-21-18-28(19-22-30)41-40-35-16-8-9-17-38(35)44-39(40)24-25-42-41/h1-26,41-42H. The van der Waals surface area contributed by atoms with Crippen LogP contribution >= 0.6 is 11.3 Å². The Morgan fingerprint density at radius 1 is 0.523 bits per heavy atom. The minimum atomic E-state index is 0.109. The van der Waals surface area contributed by atoms with Crippen LogP contribution in [0, 0.1) is 0 Å². The van der Waals surface area contributed by atoms with Crippen LogP contribution in [0.25, 0.3) is 48.5 Å². The molecule has 1 aliphatic rings. The van der Waals surface area contributed by atoms with Crippen LogP contribution in [0.1, 0.15) is 22.0 Å². The molecule has 0 fully saturated rings. The number of para-hydroxylation sites is 1. The average Bonchev–Trinajstić information content (AvgIpc) is 3.48. The maximum atomic E-state index is 3.66. The first-order valence-electron chi connectivity index (χ1n) is 15.1. The maximum Gasteiger partial charge on any atom is 0.0782 e. The Morgan fingerprint density at radius 3 is 2.02 bits per heavy atom. The van der Waals surface area contributed by atoms with Crippen molar-refractivity contribution in [2.75, 3.05) is 4.90 Å². The quantitative estimate of drug-likeness (QED) is 0.208. The zero-order valence-corrected chi connectivity index (χ0v) is 24.8. The van der Waals surface area contributed by atoms with E-state index in [1.54, 1.807) is 0 Å². The zero-order chi connectivity index (χ0) is 29.0. The molecular weight excluding hydrogens is 553 g/mol. The van der Waals surface area contributed by atoms with Gasteiger partial charge in [-0.05, 0) is 86.6 Å². The van der Waals surface area contributed by atoms with Crippen LogP contribution < -0.4 is 10.2 Å². The van der Waals surface area contributed by atoms with Crippen molar-refractivity contribution in [1.29, 1.82) is 0 Å². The summed E-state index contributed by atoms with van der Waals surface area (Å²) in [4.78, 5) is 3.74. The van der Waals surface area contributed by atoms with E-state index in [0.29, 0.717) is 0 Å². The van der Waals surface area contributed by atoms with Crippen LogP contribution in [0.15, 0.2) is 152 Å². The van der Waals surface area contributed by atoms with Gasteiger partial charge < -0.3 is 10.2 Å². The van der Waals surface area contributed by atoms with E-state index in [2.05, 4.69) is 168 Å². The molecule has 44 heavy (non-hydrogen) atoms. The SMILES string of the molecule is C1=Cc2sc3ccccc3c2C(c2ccc(N(c3ccccc3)c3cc4c5ccccc5ccc4c4ccccc34)cc2)N1. The molecule has 0 saturated carbocycles. The molecule has 1 aliphatic heterocycles. The molecule has 3 heteroatoms. The van der Waals surface area contributed by atoms with E-state index >= 15 is 0 Å². The molecule has 0 aliphatic carbocycles. The summed E-state index contributed by atoms with van der Waals surface area (Å²) in [5, 5.41) is 12.6. The summed E-state index contributed by atoms with van der Waals surface area (Å²) in [6, 6.07) is 53.1. The number of hydrogen-bond donors (Lipinski definition) is 1. The number of nitrogens with one attached hydrogen (secondary N) is 1. The summed E-state index contributed by atoms with van der Waals surface area (Å²) in [7, 11) is 0. The molecule has 0 amide bonds. The number of hydrogen-bond acceptors (Lipinski definition) is 3. The van der Waals surface area contributed by atoms with Gasteiger partial charge >= 0.3 is 0 Å². The van der Waals surface area contributed by atoms with E-state index in [1.165, 1.54) is 64.1 Å². The van der Waals surface area contributed by atoms with Gasteiger partial charge in [-0.15, -0.1) is 11.3 Å². The smallest absolute Gasteiger partial charge is 0.0782 e. The first-order valence-corrected chi connectivity index (χ1v) is 15.9. The maximum absolute atomic E-state index is 3.66. The summed E-state index contributed by atoms with van der Waals surface area (Å²) in [5.41, 5.74) is 6.06. The second kappa shape index (κ2) is 10.1. The molecule has 0 spiro atoms. The van der Waals surface area contributed by atoms with Crippen molar-refractivity contribution >= 4 is 76.9 Å². The lowest BCUT2D eigenvalue weighted by atomic mass is 9.93. The Bertz CT molecular complexity index is 2370. The molecule has 2 nitrogen and oxygen atoms in total. The van der Waals surface area contributed by atoms with Crippen LogP contribution in [-0.4, -0.2) is 0 Å². The molecule has 208 valence electrons. The van der Waals surface area contributed by atoms with Gasteiger partial charge in [-0.2, -0.15) is 0 Å². The van der Waals surface area contributed by atoms with E-state index in [-0.39, 0.29) is 6.04 Å². The van der Waals surface area contributed by atoms with E-state index < -0.39 is 0 Å². The molecule has 1 aromatic heterocycles. The summed E-state index contributed by atoms with van der Waals surface area (Å²) >= 11 is 1.87. The molecule has 0 saturated heterocycles. The normalized spacial score (nSPS) is 14.2. The summed E-state index contributed by atoms with van der Waals surface area (Å²) in [6.45, 7) is 0. The Kier molecular flexibility index (Phi) is 5.78. The molecule has 0 radical (unpaired) electrons. The van der Waals surface area contributed by atoms with E-state index in [0.717, 1.165) is 11.4 Å². The van der Waals surface area contributed by atoms with Gasteiger partial charge in [-0.3, -0.25) is 0 Å². The molecular formula is C41H28N2S. The topological polar surface area (TPSA) is 15.3 Å². The molecule has 2 heterocycles. The molecule has 1 unspecified atom stereocenters. The minimum Gasteiger partial charge on any atom is -0.380 e. The number of rotatable bonds is 4. The molecule has 7 aromatic carbocycles. The highest BCUT2D eigenvalue weighted by Gasteiger charge is 2.24. The van der Waals surface area contributed by atoms with Crippen LogP contribution in [0.2, 0.25) is 0 Å². The van der Waals surface area contributed by atoms with E-state index in [1.807, 2.05) is 11.3 Å². The lowest BCUT2D eigenvalue weighted by Crippen LogP contribution is -2.20. The predicted molar refractivity (Wildman–Crippen MR) is 189 cm³/mol. The third kappa shape index (κ3) is 3.94. The fourth-order valence-corrected chi connectivity index (χ4v) is 8.06. The van der Waals surface area contributed by atoms with Gasteiger partial charge in [0.2, 0.25) is 0 Å². The Labute approximate surface area is 260 Å². The summed E-state index contributed by atoms with van der Waals surface area (Å²) < 4.78 is 1.33. The number of nitrogens with zero attached hydrogens (tertiary/aromatic N) is 1. The van der Waals surface area contributed by atoms with Crippen LogP contribution in [0.4, 0.5) is 17.1 Å². The number of anilines is 3.